The molecule has 6 nitrogen and oxygen atoms in total. The van der Waals surface area contributed by atoms with Crippen LogP contribution in [0.5, 0.6) is 0 Å². The molecule has 3 heterocycles. The van der Waals surface area contributed by atoms with Crippen LogP contribution in [0.3, 0.4) is 0 Å². The van der Waals surface area contributed by atoms with E-state index in [1.807, 2.05) is 50.2 Å². The van der Waals surface area contributed by atoms with Gasteiger partial charge in [0.15, 0.2) is 9.77 Å². The lowest BCUT2D eigenvalue weighted by molar-refractivity contribution is 0.0970. The average molecular weight is 526 g/mol. The zero-order chi connectivity index (χ0) is 25.7. The number of anilines is 1. The summed E-state index contributed by atoms with van der Waals surface area (Å²) in [6.45, 7) is 5.99. The normalized spacial score (nSPS) is 14.9. The molecule has 2 aromatic heterocycles. The fourth-order valence-electron chi connectivity index (χ4n) is 4.54. The SMILES string of the molecule is Cc1ccc(CSc2nnc(N3C(=O)c4oc5ccc(C)cc5c(=O)c4C3c3ccc(C)cc3)s2)cc1. The molecule has 1 atom stereocenters. The Morgan fingerprint density at radius 1 is 0.892 bits per heavy atom. The van der Waals surface area contributed by atoms with Crippen LogP contribution in [-0.4, -0.2) is 16.1 Å². The van der Waals surface area contributed by atoms with Gasteiger partial charge in [0.1, 0.15) is 5.58 Å². The number of carbonyl (C=O) groups is 1. The average Bonchev–Trinajstić information content (AvgIpc) is 3.47. The Hall–Kier alpha value is -3.75. The summed E-state index contributed by atoms with van der Waals surface area (Å²) in [5.74, 6) is 0.428. The first-order valence-corrected chi connectivity index (χ1v) is 13.7. The number of thioether (sulfide) groups is 1. The second-order valence-corrected chi connectivity index (χ2v) is 11.5. The van der Waals surface area contributed by atoms with E-state index in [-0.39, 0.29) is 17.1 Å². The van der Waals surface area contributed by atoms with Gasteiger partial charge in [-0.15, -0.1) is 10.2 Å². The standard InChI is InChI=1S/C29H23N3O3S2/c1-16-4-9-19(10-5-16)15-36-29-31-30-28(37-29)32-24(20-11-6-17(2)7-12-20)23-25(33)21-14-18(3)8-13-22(21)35-26(23)27(32)34/h4-14,24H,15H2,1-3H3. The van der Waals surface area contributed by atoms with E-state index in [2.05, 4.69) is 41.4 Å². The van der Waals surface area contributed by atoms with Crippen molar-refractivity contribution in [2.75, 3.05) is 4.90 Å². The number of aromatic nitrogens is 2. The molecule has 6 rings (SSSR count). The molecule has 0 bridgehead atoms. The van der Waals surface area contributed by atoms with Crippen molar-refractivity contribution >= 4 is 45.1 Å². The molecule has 0 saturated carbocycles. The number of amides is 1. The van der Waals surface area contributed by atoms with Crippen molar-refractivity contribution < 1.29 is 9.21 Å². The Bertz CT molecular complexity index is 1710. The van der Waals surface area contributed by atoms with Crippen LogP contribution in [-0.2, 0) is 5.75 Å². The molecule has 1 amide bonds. The molecule has 1 aliphatic heterocycles. The third-order valence-corrected chi connectivity index (χ3v) is 8.63. The van der Waals surface area contributed by atoms with Gasteiger partial charge in [-0.2, -0.15) is 0 Å². The Morgan fingerprint density at radius 3 is 2.30 bits per heavy atom. The first-order valence-electron chi connectivity index (χ1n) is 11.9. The predicted molar refractivity (Wildman–Crippen MR) is 148 cm³/mol. The summed E-state index contributed by atoms with van der Waals surface area (Å²) in [4.78, 5) is 29.1. The molecule has 0 fully saturated rings. The second-order valence-electron chi connectivity index (χ2n) is 9.29. The molecule has 8 heteroatoms. The van der Waals surface area contributed by atoms with E-state index in [9.17, 15) is 9.59 Å². The molecule has 1 aliphatic rings. The van der Waals surface area contributed by atoms with Crippen LogP contribution in [0.25, 0.3) is 11.0 Å². The number of carbonyl (C=O) groups excluding carboxylic acids is 1. The van der Waals surface area contributed by atoms with E-state index in [4.69, 9.17) is 4.42 Å². The van der Waals surface area contributed by atoms with Crippen molar-refractivity contribution in [2.45, 2.75) is 36.9 Å². The van der Waals surface area contributed by atoms with Gasteiger partial charge in [0.05, 0.1) is 17.0 Å². The molecule has 5 aromatic rings. The summed E-state index contributed by atoms with van der Waals surface area (Å²) in [5, 5.41) is 9.63. The van der Waals surface area contributed by atoms with Gasteiger partial charge in [-0.05, 0) is 44.0 Å². The van der Waals surface area contributed by atoms with E-state index in [0.29, 0.717) is 21.7 Å². The molecule has 0 radical (unpaired) electrons. The first kappa shape index (κ1) is 23.6. The maximum atomic E-state index is 13.8. The van der Waals surface area contributed by atoms with Crippen LogP contribution in [0.2, 0.25) is 0 Å². The third-order valence-electron chi connectivity index (χ3n) is 6.50. The number of fused-ring (bicyclic) bond motifs is 2. The Kier molecular flexibility index (Phi) is 5.93. The van der Waals surface area contributed by atoms with E-state index in [0.717, 1.165) is 26.8 Å². The smallest absolute Gasteiger partial charge is 0.297 e. The minimum Gasteiger partial charge on any atom is -0.450 e. The van der Waals surface area contributed by atoms with E-state index in [1.165, 1.54) is 22.5 Å². The lowest BCUT2D eigenvalue weighted by Gasteiger charge is -2.22. The summed E-state index contributed by atoms with van der Waals surface area (Å²) in [7, 11) is 0. The highest BCUT2D eigenvalue weighted by Crippen LogP contribution is 2.43. The monoisotopic (exact) mass is 525 g/mol. The molecule has 0 saturated heterocycles. The molecule has 37 heavy (non-hydrogen) atoms. The second kappa shape index (κ2) is 9.28. The molecule has 184 valence electrons. The van der Waals surface area contributed by atoms with Gasteiger partial charge in [0.2, 0.25) is 10.9 Å². The largest absolute Gasteiger partial charge is 0.450 e. The van der Waals surface area contributed by atoms with Gasteiger partial charge >= 0.3 is 0 Å². The minimum atomic E-state index is -0.646. The number of aryl methyl sites for hydroxylation is 3. The van der Waals surface area contributed by atoms with Crippen LogP contribution in [0, 0.1) is 20.8 Å². The molecule has 0 aliphatic carbocycles. The molecular weight excluding hydrogens is 502 g/mol. The summed E-state index contributed by atoms with van der Waals surface area (Å²) in [6, 6.07) is 21.0. The third kappa shape index (κ3) is 4.26. The number of hydrogen-bond donors (Lipinski definition) is 0. The minimum absolute atomic E-state index is 0.0657. The molecule has 0 spiro atoms. The summed E-state index contributed by atoms with van der Waals surface area (Å²) in [5.41, 5.74) is 5.81. The zero-order valence-corrected chi connectivity index (χ0v) is 22.2. The van der Waals surface area contributed by atoms with Crippen molar-refractivity contribution in [2.24, 2.45) is 0 Å². The first-order chi connectivity index (χ1) is 17.9. The number of rotatable bonds is 5. The Balaban J connectivity index is 1.42. The van der Waals surface area contributed by atoms with Crippen molar-refractivity contribution in [3.05, 3.63) is 116 Å². The van der Waals surface area contributed by atoms with Crippen LogP contribution in [0.15, 0.2) is 80.3 Å². The lowest BCUT2D eigenvalue weighted by Crippen LogP contribution is -2.29. The van der Waals surface area contributed by atoms with Crippen LogP contribution in [0.4, 0.5) is 5.13 Å². The van der Waals surface area contributed by atoms with Crippen LogP contribution in [0.1, 0.15) is 50.0 Å². The van der Waals surface area contributed by atoms with Crippen LogP contribution < -0.4 is 10.3 Å². The van der Waals surface area contributed by atoms with E-state index in [1.54, 1.807) is 22.7 Å². The maximum Gasteiger partial charge on any atom is 0.297 e. The van der Waals surface area contributed by atoms with Crippen LogP contribution >= 0.6 is 23.1 Å². The maximum absolute atomic E-state index is 13.8. The predicted octanol–water partition coefficient (Wildman–Crippen LogP) is 6.61. The fraction of sp³-hybridized carbons (Fsp3) is 0.172. The lowest BCUT2D eigenvalue weighted by atomic mass is 9.97. The summed E-state index contributed by atoms with van der Waals surface area (Å²) >= 11 is 2.91. The van der Waals surface area contributed by atoms with Gasteiger partial charge in [-0.3, -0.25) is 14.5 Å². The molecule has 3 aromatic carbocycles. The van der Waals surface area contributed by atoms with Gasteiger partial charge in [0, 0.05) is 5.75 Å². The fourth-order valence-corrected chi connectivity index (χ4v) is 6.36. The molecular formula is C29H23N3O3S2. The van der Waals surface area contributed by atoms with E-state index < -0.39 is 6.04 Å². The number of nitrogens with zero attached hydrogens (tertiary/aromatic N) is 3. The van der Waals surface area contributed by atoms with Gasteiger partial charge in [-0.1, -0.05) is 94.4 Å². The highest BCUT2D eigenvalue weighted by atomic mass is 32.2. The zero-order valence-electron chi connectivity index (χ0n) is 20.5. The Labute approximate surface area is 222 Å². The molecule has 0 N–H and O–H groups in total. The molecule has 1 unspecified atom stereocenters. The van der Waals surface area contributed by atoms with Gasteiger partial charge in [-0.25, -0.2) is 0 Å². The summed E-state index contributed by atoms with van der Waals surface area (Å²) in [6.07, 6.45) is 0. The van der Waals surface area contributed by atoms with Gasteiger partial charge < -0.3 is 4.42 Å². The topological polar surface area (TPSA) is 76.3 Å². The van der Waals surface area contributed by atoms with Crippen molar-refractivity contribution in [3.8, 4) is 0 Å². The quantitative estimate of drug-likeness (QED) is 0.190. The van der Waals surface area contributed by atoms with Gasteiger partial charge in [0.25, 0.3) is 5.91 Å². The highest BCUT2D eigenvalue weighted by Gasteiger charge is 2.45. The highest BCUT2D eigenvalue weighted by molar-refractivity contribution is 8.00. The van der Waals surface area contributed by atoms with Crippen molar-refractivity contribution in [3.63, 3.8) is 0 Å². The van der Waals surface area contributed by atoms with Crippen molar-refractivity contribution in [1.29, 1.82) is 0 Å². The van der Waals surface area contributed by atoms with Crippen molar-refractivity contribution in [1.82, 2.24) is 10.2 Å². The number of benzene rings is 3. The Morgan fingerprint density at radius 2 is 1.57 bits per heavy atom. The number of hydrogen-bond acceptors (Lipinski definition) is 7. The summed E-state index contributed by atoms with van der Waals surface area (Å²) < 4.78 is 6.81. The van der Waals surface area contributed by atoms with E-state index >= 15 is 0 Å².